The Hall–Kier alpha value is -1.26. The second-order valence-corrected chi connectivity index (χ2v) is 3.58. The van der Waals surface area contributed by atoms with Crippen LogP contribution in [0.3, 0.4) is 0 Å². The summed E-state index contributed by atoms with van der Waals surface area (Å²) in [5, 5.41) is 2.76. The van der Waals surface area contributed by atoms with E-state index >= 15 is 0 Å². The van der Waals surface area contributed by atoms with Crippen LogP contribution in [-0.2, 0) is 4.79 Å². The first-order chi connectivity index (χ1) is 7.72. The van der Waals surface area contributed by atoms with Gasteiger partial charge in [0, 0.05) is 13.0 Å². The average Bonchev–Trinajstić information content (AvgIpc) is 2.28. The van der Waals surface area contributed by atoms with Gasteiger partial charge in [-0.25, -0.2) is 0 Å². The Kier molecular flexibility index (Phi) is 8.19. The van der Waals surface area contributed by atoms with E-state index in [1.807, 2.05) is 37.3 Å². The van der Waals surface area contributed by atoms with Gasteiger partial charge >= 0.3 is 0 Å². The van der Waals surface area contributed by atoms with Crippen LogP contribution >= 0.6 is 12.4 Å². The zero-order chi connectivity index (χ0) is 11.8. The zero-order valence-electron chi connectivity index (χ0n) is 9.89. The number of nitrogens with one attached hydrogen (secondary N) is 1. The highest BCUT2D eigenvalue weighted by Crippen LogP contribution is 2.10. The van der Waals surface area contributed by atoms with Gasteiger partial charge in [0.15, 0.2) is 0 Å². The summed E-state index contributed by atoms with van der Waals surface area (Å²) in [6.45, 7) is 2.78. The number of rotatable bonds is 6. The summed E-state index contributed by atoms with van der Waals surface area (Å²) in [4.78, 5) is 11.2. The van der Waals surface area contributed by atoms with Gasteiger partial charge in [0.1, 0.15) is 11.9 Å². The number of ether oxygens (including phenoxy) is 1. The van der Waals surface area contributed by atoms with Crippen LogP contribution in [-0.4, -0.2) is 25.1 Å². The van der Waals surface area contributed by atoms with Gasteiger partial charge in [-0.15, -0.1) is 12.4 Å². The van der Waals surface area contributed by atoms with E-state index in [4.69, 9.17) is 10.5 Å². The number of para-hydroxylation sites is 1. The molecule has 0 spiro atoms. The molecule has 0 aliphatic heterocycles. The van der Waals surface area contributed by atoms with Crippen molar-refractivity contribution >= 4 is 18.3 Å². The van der Waals surface area contributed by atoms with Crippen molar-refractivity contribution in [2.24, 2.45) is 5.73 Å². The number of nitrogens with two attached hydrogens (primary N) is 1. The number of benzene rings is 1. The number of halogens is 1. The molecule has 3 N–H and O–H groups in total. The predicted octanol–water partition coefficient (Wildman–Crippen LogP) is 1.34. The van der Waals surface area contributed by atoms with E-state index in [0.29, 0.717) is 19.5 Å². The molecule has 0 saturated heterocycles. The molecule has 1 aromatic rings. The minimum absolute atomic E-state index is 0. The van der Waals surface area contributed by atoms with Crippen molar-refractivity contribution in [3.63, 3.8) is 0 Å². The van der Waals surface area contributed by atoms with Crippen molar-refractivity contribution in [2.45, 2.75) is 19.4 Å². The highest BCUT2D eigenvalue weighted by molar-refractivity contribution is 5.85. The molecule has 1 atom stereocenters. The summed E-state index contributed by atoms with van der Waals surface area (Å²) < 4.78 is 5.60. The van der Waals surface area contributed by atoms with Gasteiger partial charge in [-0.1, -0.05) is 18.2 Å². The highest BCUT2D eigenvalue weighted by atomic mass is 35.5. The fraction of sp³-hybridized carbons (Fsp3) is 0.417. The molecule has 0 fully saturated rings. The minimum Gasteiger partial charge on any atom is -0.489 e. The first-order valence-corrected chi connectivity index (χ1v) is 5.41. The Bertz CT molecular complexity index is 320. The summed E-state index contributed by atoms with van der Waals surface area (Å²) in [5.74, 6) is 0.772. The maximum Gasteiger partial charge on any atom is 0.221 e. The lowest BCUT2D eigenvalue weighted by molar-refractivity contribution is -0.121. The molecule has 96 valence electrons. The molecular formula is C12H19ClN2O2. The molecule has 0 radical (unpaired) electrons. The smallest absolute Gasteiger partial charge is 0.221 e. The lowest BCUT2D eigenvalue weighted by Crippen LogP contribution is -2.34. The molecule has 0 aromatic heterocycles. The quantitative estimate of drug-likeness (QED) is 0.809. The fourth-order valence-electron chi connectivity index (χ4n) is 1.25. The van der Waals surface area contributed by atoms with Crippen molar-refractivity contribution in [1.82, 2.24) is 5.32 Å². The van der Waals surface area contributed by atoms with Crippen molar-refractivity contribution in [3.8, 4) is 5.75 Å². The average molecular weight is 259 g/mol. The van der Waals surface area contributed by atoms with E-state index in [2.05, 4.69) is 5.32 Å². The van der Waals surface area contributed by atoms with Crippen LogP contribution in [0.4, 0.5) is 0 Å². The topological polar surface area (TPSA) is 64.4 Å². The molecule has 1 aromatic carbocycles. The molecule has 0 saturated carbocycles. The standard InChI is InChI=1S/C12H18N2O2.ClH/c1-10(9-14-12(15)7-8-13)16-11-5-3-2-4-6-11;/h2-6,10H,7-9,13H2,1H3,(H,14,15);1H. The van der Waals surface area contributed by atoms with Gasteiger partial charge < -0.3 is 15.8 Å². The first kappa shape index (κ1) is 15.7. The number of hydrogen-bond donors (Lipinski definition) is 2. The molecule has 1 unspecified atom stereocenters. The van der Waals surface area contributed by atoms with E-state index in [1.54, 1.807) is 0 Å². The monoisotopic (exact) mass is 258 g/mol. The van der Waals surface area contributed by atoms with Crippen molar-refractivity contribution in [1.29, 1.82) is 0 Å². The lowest BCUT2D eigenvalue weighted by Gasteiger charge is -2.15. The lowest BCUT2D eigenvalue weighted by atomic mass is 10.3. The van der Waals surface area contributed by atoms with Crippen LogP contribution in [0.15, 0.2) is 30.3 Å². The molecule has 0 heterocycles. The molecule has 0 aliphatic carbocycles. The third-order valence-electron chi connectivity index (χ3n) is 2.04. The molecule has 0 aliphatic rings. The Morgan fingerprint density at radius 3 is 2.65 bits per heavy atom. The van der Waals surface area contributed by atoms with Gasteiger partial charge in [0.2, 0.25) is 5.91 Å². The van der Waals surface area contributed by atoms with E-state index < -0.39 is 0 Å². The largest absolute Gasteiger partial charge is 0.489 e. The molecule has 4 nitrogen and oxygen atoms in total. The Balaban J connectivity index is 0.00000256. The third-order valence-corrected chi connectivity index (χ3v) is 2.04. The van der Waals surface area contributed by atoms with Gasteiger partial charge in [0.25, 0.3) is 0 Å². The number of carbonyl (C=O) groups is 1. The molecule has 1 rings (SSSR count). The summed E-state index contributed by atoms with van der Waals surface area (Å²) in [6.07, 6.45) is 0.307. The summed E-state index contributed by atoms with van der Waals surface area (Å²) in [7, 11) is 0. The van der Waals surface area contributed by atoms with Crippen LogP contribution in [0.5, 0.6) is 5.75 Å². The number of hydrogen-bond acceptors (Lipinski definition) is 3. The Labute approximate surface area is 108 Å². The van der Waals surface area contributed by atoms with Crippen LogP contribution in [0.2, 0.25) is 0 Å². The molecular weight excluding hydrogens is 240 g/mol. The zero-order valence-corrected chi connectivity index (χ0v) is 10.7. The first-order valence-electron chi connectivity index (χ1n) is 5.41. The predicted molar refractivity (Wildman–Crippen MR) is 70.5 cm³/mol. The van der Waals surface area contributed by atoms with E-state index in [-0.39, 0.29) is 24.4 Å². The SMILES string of the molecule is CC(CNC(=O)CCN)Oc1ccccc1.Cl. The molecule has 17 heavy (non-hydrogen) atoms. The molecule has 5 heteroatoms. The van der Waals surface area contributed by atoms with Crippen molar-refractivity contribution < 1.29 is 9.53 Å². The van der Waals surface area contributed by atoms with Crippen LogP contribution in [0.25, 0.3) is 0 Å². The van der Waals surface area contributed by atoms with E-state index in [1.165, 1.54) is 0 Å². The van der Waals surface area contributed by atoms with Crippen LogP contribution < -0.4 is 15.8 Å². The van der Waals surface area contributed by atoms with Crippen molar-refractivity contribution in [2.75, 3.05) is 13.1 Å². The Morgan fingerprint density at radius 2 is 2.06 bits per heavy atom. The third kappa shape index (κ3) is 6.81. The number of amides is 1. The highest BCUT2D eigenvalue weighted by Gasteiger charge is 2.05. The van der Waals surface area contributed by atoms with Gasteiger partial charge in [-0.2, -0.15) is 0 Å². The van der Waals surface area contributed by atoms with Gasteiger partial charge in [0.05, 0.1) is 6.54 Å². The Morgan fingerprint density at radius 1 is 1.41 bits per heavy atom. The minimum atomic E-state index is -0.0517. The van der Waals surface area contributed by atoms with Gasteiger partial charge in [-0.3, -0.25) is 4.79 Å². The summed E-state index contributed by atoms with van der Waals surface area (Å²) in [5.41, 5.74) is 5.27. The second-order valence-electron chi connectivity index (χ2n) is 3.58. The molecule has 0 bridgehead atoms. The van der Waals surface area contributed by atoms with Crippen molar-refractivity contribution in [3.05, 3.63) is 30.3 Å². The normalized spacial score (nSPS) is 11.2. The summed E-state index contributed by atoms with van der Waals surface area (Å²) in [6, 6.07) is 9.53. The maximum absolute atomic E-state index is 11.2. The number of carbonyl (C=O) groups excluding carboxylic acids is 1. The van der Waals surface area contributed by atoms with E-state index in [0.717, 1.165) is 5.75 Å². The van der Waals surface area contributed by atoms with E-state index in [9.17, 15) is 4.79 Å². The van der Waals surface area contributed by atoms with Crippen LogP contribution in [0.1, 0.15) is 13.3 Å². The summed E-state index contributed by atoms with van der Waals surface area (Å²) >= 11 is 0. The maximum atomic E-state index is 11.2. The molecule has 1 amide bonds. The van der Waals surface area contributed by atoms with Crippen LogP contribution in [0, 0.1) is 0 Å². The second kappa shape index (κ2) is 8.84. The fourth-order valence-corrected chi connectivity index (χ4v) is 1.25. The van der Waals surface area contributed by atoms with Gasteiger partial charge in [-0.05, 0) is 19.1 Å².